The number of anilines is 1. The number of halogens is 2. The van der Waals surface area contributed by atoms with Gasteiger partial charge in [0.25, 0.3) is 0 Å². The van der Waals surface area contributed by atoms with Crippen LogP contribution in [0.15, 0.2) is 18.2 Å². The minimum atomic E-state index is -0.266. The molecule has 1 aromatic carbocycles. The molecule has 1 aromatic rings. The average Bonchev–Trinajstić information content (AvgIpc) is 2.24. The molecule has 1 atom stereocenters. The van der Waals surface area contributed by atoms with Crippen molar-refractivity contribution in [2.45, 2.75) is 18.9 Å². The van der Waals surface area contributed by atoms with Crippen molar-refractivity contribution in [3.8, 4) is 0 Å². The maximum absolute atomic E-state index is 13.5. The van der Waals surface area contributed by atoms with Crippen LogP contribution in [0.25, 0.3) is 0 Å². The van der Waals surface area contributed by atoms with Crippen LogP contribution in [0.1, 0.15) is 12.8 Å². The first-order valence-corrected chi connectivity index (χ1v) is 6.58. The summed E-state index contributed by atoms with van der Waals surface area (Å²) in [5, 5.41) is 3.66. The number of nitrogens with one attached hydrogen (secondary N) is 1. The van der Waals surface area contributed by atoms with E-state index in [1.807, 2.05) is 11.8 Å². The highest BCUT2D eigenvalue weighted by Crippen LogP contribution is 2.24. The van der Waals surface area contributed by atoms with Gasteiger partial charge in [0.05, 0.1) is 5.69 Å². The Morgan fingerprint density at radius 2 is 2.33 bits per heavy atom. The molecule has 1 nitrogen and oxygen atoms in total. The van der Waals surface area contributed by atoms with Crippen molar-refractivity contribution in [3.63, 3.8) is 0 Å². The van der Waals surface area contributed by atoms with E-state index in [2.05, 4.69) is 5.32 Å². The van der Waals surface area contributed by atoms with Gasteiger partial charge in [-0.25, -0.2) is 4.39 Å². The lowest BCUT2D eigenvalue weighted by Gasteiger charge is -2.23. The van der Waals surface area contributed by atoms with Crippen molar-refractivity contribution in [2.24, 2.45) is 0 Å². The number of hydrogen-bond donors (Lipinski definition) is 1. The third kappa shape index (κ3) is 3.02. The summed E-state index contributed by atoms with van der Waals surface area (Å²) in [5.74, 6) is 2.02. The molecule has 0 spiro atoms. The third-order valence-corrected chi connectivity index (χ3v) is 3.90. The van der Waals surface area contributed by atoms with Gasteiger partial charge >= 0.3 is 0 Å². The molecule has 1 heterocycles. The second kappa shape index (κ2) is 5.08. The monoisotopic (exact) mass is 245 g/mol. The van der Waals surface area contributed by atoms with Gasteiger partial charge in [0.2, 0.25) is 0 Å². The van der Waals surface area contributed by atoms with Crippen molar-refractivity contribution in [1.29, 1.82) is 0 Å². The molecule has 4 heteroatoms. The fraction of sp³-hybridized carbons (Fsp3) is 0.455. The zero-order valence-electron chi connectivity index (χ0n) is 8.30. The van der Waals surface area contributed by atoms with E-state index in [1.165, 1.54) is 18.2 Å². The summed E-state index contributed by atoms with van der Waals surface area (Å²) in [6.07, 6.45) is 2.33. The SMILES string of the molecule is Fc1cc(Cl)ccc1NC1CCCSC1. The van der Waals surface area contributed by atoms with Crippen LogP contribution in [0.2, 0.25) is 5.02 Å². The number of thioether (sulfide) groups is 1. The van der Waals surface area contributed by atoms with E-state index in [-0.39, 0.29) is 5.82 Å². The van der Waals surface area contributed by atoms with Gasteiger partial charge in [0.1, 0.15) is 5.82 Å². The van der Waals surface area contributed by atoms with Crippen LogP contribution in [-0.2, 0) is 0 Å². The maximum Gasteiger partial charge on any atom is 0.147 e. The number of rotatable bonds is 2. The molecule has 0 radical (unpaired) electrons. The second-order valence-corrected chi connectivity index (χ2v) is 5.27. The molecule has 0 amide bonds. The molecule has 1 aliphatic rings. The summed E-state index contributed by atoms with van der Waals surface area (Å²) in [7, 11) is 0. The Kier molecular flexibility index (Phi) is 3.76. The van der Waals surface area contributed by atoms with Gasteiger partial charge in [-0.2, -0.15) is 11.8 Å². The Balaban J connectivity index is 2.03. The Morgan fingerprint density at radius 3 is 3.00 bits per heavy atom. The molecule has 0 saturated carbocycles. The molecule has 1 N–H and O–H groups in total. The molecular weight excluding hydrogens is 233 g/mol. The van der Waals surface area contributed by atoms with E-state index in [0.717, 1.165) is 12.2 Å². The molecule has 82 valence electrons. The minimum Gasteiger partial charge on any atom is -0.379 e. The first-order chi connectivity index (χ1) is 7.25. The van der Waals surface area contributed by atoms with Gasteiger partial charge < -0.3 is 5.32 Å². The van der Waals surface area contributed by atoms with Crippen LogP contribution in [0.4, 0.5) is 10.1 Å². The molecule has 0 aromatic heterocycles. The minimum absolute atomic E-state index is 0.266. The third-order valence-electron chi connectivity index (χ3n) is 2.45. The van der Waals surface area contributed by atoms with E-state index >= 15 is 0 Å². The van der Waals surface area contributed by atoms with Gasteiger partial charge in [-0.1, -0.05) is 11.6 Å². The molecular formula is C11H13ClFNS. The second-order valence-electron chi connectivity index (χ2n) is 3.68. The Labute approximate surface area is 98.4 Å². The highest BCUT2D eigenvalue weighted by atomic mass is 35.5. The number of benzene rings is 1. The molecule has 15 heavy (non-hydrogen) atoms. The van der Waals surface area contributed by atoms with Crippen molar-refractivity contribution < 1.29 is 4.39 Å². The van der Waals surface area contributed by atoms with E-state index in [9.17, 15) is 4.39 Å². The molecule has 1 fully saturated rings. The van der Waals surface area contributed by atoms with E-state index in [0.29, 0.717) is 16.8 Å². The van der Waals surface area contributed by atoms with Crippen LogP contribution < -0.4 is 5.32 Å². The largest absolute Gasteiger partial charge is 0.379 e. The van der Waals surface area contributed by atoms with Crippen LogP contribution in [-0.4, -0.2) is 17.5 Å². The summed E-state index contributed by atoms with van der Waals surface area (Å²) in [6.45, 7) is 0. The quantitative estimate of drug-likeness (QED) is 0.851. The highest BCUT2D eigenvalue weighted by molar-refractivity contribution is 7.99. The summed E-state index contributed by atoms with van der Waals surface area (Å²) >= 11 is 7.61. The summed E-state index contributed by atoms with van der Waals surface area (Å²) in [6, 6.07) is 5.15. The normalized spacial score (nSPS) is 21.3. The molecule has 1 saturated heterocycles. The van der Waals surface area contributed by atoms with Crippen LogP contribution in [0, 0.1) is 5.82 Å². The smallest absolute Gasteiger partial charge is 0.147 e. The summed E-state index contributed by atoms with van der Waals surface area (Å²) in [5.41, 5.74) is 0.562. The maximum atomic E-state index is 13.5. The zero-order valence-corrected chi connectivity index (χ0v) is 9.87. The lowest BCUT2D eigenvalue weighted by Crippen LogP contribution is -2.26. The Bertz CT molecular complexity index is 339. The number of hydrogen-bond acceptors (Lipinski definition) is 2. The van der Waals surface area contributed by atoms with E-state index in [4.69, 9.17) is 11.6 Å². The van der Waals surface area contributed by atoms with Crippen molar-refractivity contribution in [3.05, 3.63) is 29.0 Å². The molecule has 0 aliphatic carbocycles. The lowest BCUT2D eigenvalue weighted by atomic mass is 10.1. The van der Waals surface area contributed by atoms with Crippen molar-refractivity contribution in [1.82, 2.24) is 0 Å². The molecule has 1 aliphatic heterocycles. The van der Waals surface area contributed by atoms with Gasteiger partial charge in [-0.05, 0) is 36.8 Å². The zero-order chi connectivity index (χ0) is 10.7. The van der Waals surface area contributed by atoms with Gasteiger partial charge in [-0.3, -0.25) is 0 Å². The average molecular weight is 246 g/mol. The van der Waals surface area contributed by atoms with Crippen LogP contribution in [0.3, 0.4) is 0 Å². The van der Waals surface area contributed by atoms with Gasteiger partial charge in [-0.15, -0.1) is 0 Å². The highest BCUT2D eigenvalue weighted by Gasteiger charge is 2.14. The summed E-state index contributed by atoms with van der Waals surface area (Å²) in [4.78, 5) is 0. The molecule has 0 bridgehead atoms. The topological polar surface area (TPSA) is 12.0 Å². The van der Waals surface area contributed by atoms with Gasteiger partial charge in [0.15, 0.2) is 0 Å². The van der Waals surface area contributed by atoms with E-state index < -0.39 is 0 Å². The molecule has 2 rings (SSSR count). The summed E-state index contributed by atoms with van der Waals surface area (Å²) < 4.78 is 13.5. The predicted molar refractivity (Wildman–Crippen MR) is 65.4 cm³/mol. The molecule has 1 unspecified atom stereocenters. The fourth-order valence-electron chi connectivity index (χ4n) is 1.68. The van der Waals surface area contributed by atoms with Crippen molar-refractivity contribution >= 4 is 29.1 Å². The van der Waals surface area contributed by atoms with E-state index in [1.54, 1.807) is 12.1 Å². The lowest BCUT2D eigenvalue weighted by molar-refractivity contribution is 0.620. The standard InChI is InChI=1S/C11H13ClFNS/c12-8-3-4-11(10(13)6-8)14-9-2-1-5-15-7-9/h3-4,6,9,14H,1-2,5,7H2. The van der Waals surface area contributed by atoms with Gasteiger partial charge in [0, 0.05) is 16.8 Å². The van der Waals surface area contributed by atoms with Crippen LogP contribution >= 0.6 is 23.4 Å². The van der Waals surface area contributed by atoms with Crippen molar-refractivity contribution in [2.75, 3.05) is 16.8 Å². The Morgan fingerprint density at radius 1 is 1.47 bits per heavy atom. The fourth-order valence-corrected chi connectivity index (χ4v) is 2.91. The first kappa shape index (κ1) is 11.1. The predicted octanol–water partition coefficient (Wildman–Crippen LogP) is 3.79. The Hall–Kier alpha value is -0.410. The first-order valence-electron chi connectivity index (χ1n) is 5.05. The van der Waals surface area contributed by atoms with Crippen LogP contribution in [0.5, 0.6) is 0 Å².